The number of carbonyl (C=O) groups excluding carboxylic acids is 2. The molecule has 2 aromatic rings. The van der Waals surface area contributed by atoms with Crippen LogP contribution in [0.2, 0.25) is 0 Å². The number of hydrogen-bond acceptors (Lipinski definition) is 9. The van der Waals surface area contributed by atoms with Crippen LogP contribution in [0, 0.1) is 18.4 Å². The summed E-state index contributed by atoms with van der Waals surface area (Å²) >= 11 is 0. The van der Waals surface area contributed by atoms with Crippen molar-refractivity contribution in [2.75, 3.05) is 12.3 Å². The van der Waals surface area contributed by atoms with Gasteiger partial charge in [0, 0.05) is 19.3 Å². The van der Waals surface area contributed by atoms with Gasteiger partial charge in [0.2, 0.25) is 5.60 Å². The van der Waals surface area contributed by atoms with Gasteiger partial charge in [-0.25, -0.2) is 4.98 Å². The molecule has 11 heteroatoms. The fraction of sp³-hybridized carbons (Fsp3) is 0.775. The van der Waals surface area contributed by atoms with Crippen LogP contribution < -0.4 is 5.73 Å². The number of esters is 2. The summed E-state index contributed by atoms with van der Waals surface area (Å²) in [7, 11) is 0. The number of halogens is 1. The van der Waals surface area contributed by atoms with Crippen molar-refractivity contribution in [2.45, 2.75) is 192 Å². The molecule has 51 heavy (non-hydrogen) atoms. The molecule has 3 atom stereocenters. The number of nitrogens with zero attached hydrogens (tertiary/aromatic N) is 4. The summed E-state index contributed by atoms with van der Waals surface area (Å²) in [5.41, 5.74) is 4.66. The van der Waals surface area contributed by atoms with Crippen LogP contribution in [0.25, 0.3) is 11.2 Å². The van der Waals surface area contributed by atoms with E-state index in [4.69, 9.17) is 26.4 Å². The Labute approximate surface area is 305 Å². The first-order valence-electron chi connectivity index (χ1n) is 20.0. The maximum Gasteiger partial charge on any atom is 0.312 e. The molecule has 0 amide bonds. The van der Waals surface area contributed by atoms with Gasteiger partial charge in [-0.3, -0.25) is 14.2 Å². The van der Waals surface area contributed by atoms with Crippen LogP contribution in [0.1, 0.15) is 181 Å². The van der Waals surface area contributed by atoms with Crippen molar-refractivity contribution < 1.29 is 28.2 Å². The van der Waals surface area contributed by atoms with Gasteiger partial charge in [-0.2, -0.15) is 14.4 Å². The number of hydrogen-bond donors (Lipinski definition) is 1. The van der Waals surface area contributed by atoms with Gasteiger partial charge in [0.15, 0.2) is 17.0 Å². The van der Waals surface area contributed by atoms with Gasteiger partial charge in [-0.1, -0.05) is 148 Å². The van der Waals surface area contributed by atoms with Gasteiger partial charge in [0.05, 0.1) is 6.33 Å². The quantitative estimate of drug-likeness (QED) is 0.0396. The first kappa shape index (κ1) is 42.2. The maximum absolute atomic E-state index is 14.1. The molecule has 1 aliphatic heterocycles. The molecule has 1 saturated heterocycles. The number of unbranched alkanes of at least 4 members (excludes halogenated alkanes) is 20. The Morgan fingerprint density at radius 2 is 1.33 bits per heavy atom. The lowest BCUT2D eigenvalue weighted by Gasteiger charge is -2.28. The number of rotatable bonds is 28. The van der Waals surface area contributed by atoms with E-state index in [1.54, 1.807) is 0 Å². The lowest BCUT2D eigenvalue weighted by Crippen LogP contribution is -2.45. The van der Waals surface area contributed by atoms with Crippen molar-refractivity contribution in [1.82, 2.24) is 19.5 Å². The standard InChI is InChI=1S/C40H64FN5O5/c1-4-7-9-11-13-15-17-19-21-23-25-27-34(47)49-30-40(6-3)32(50-35(48)28-26-24-22-20-18-16-14-12-10-8-5-2)29-33(51-40)46-31-43-36-37(42)44-39(41)45-38(36)46/h3,31-33H,4-5,7-30H2,1-2H3,(H2,42,44,45)/t32-,33?,40+/m0/s1. The molecule has 0 aromatic carbocycles. The molecule has 1 fully saturated rings. The fourth-order valence-corrected chi connectivity index (χ4v) is 6.82. The Morgan fingerprint density at radius 3 is 1.84 bits per heavy atom. The number of ether oxygens (including phenoxy) is 3. The highest BCUT2D eigenvalue weighted by Crippen LogP contribution is 2.40. The molecule has 2 N–H and O–H groups in total. The molecular weight excluding hydrogens is 649 g/mol. The van der Waals surface area contributed by atoms with Gasteiger partial charge in [-0.05, 0) is 12.8 Å². The highest BCUT2D eigenvalue weighted by atomic mass is 19.1. The minimum absolute atomic E-state index is 0.108. The van der Waals surface area contributed by atoms with Crippen LogP contribution in [0.4, 0.5) is 10.2 Å². The second-order valence-corrected chi connectivity index (χ2v) is 14.3. The Morgan fingerprint density at radius 1 is 0.843 bits per heavy atom. The summed E-state index contributed by atoms with van der Waals surface area (Å²) in [6.07, 6.45) is 31.3. The van der Waals surface area contributed by atoms with E-state index in [-0.39, 0.29) is 54.8 Å². The van der Waals surface area contributed by atoms with E-state index < -0.39 is 24.0 Å². The summed E-state index contributed by atoms with van der Waals surface area (Å²) in [5, 5.41) is 0. The minimum atomic E-state index is -1.54. The SMILES string of the molecule is C#C[C@]1(COC(=O)CCCCCCCCCCCCC)OC(n2cnc3c(N)nc(F)nc32)C[C@@H]1OC(=O)CCCCCCCCCCCCC. The van der Waals surface area contributed by atoms with Gasteiger partial charge in [0.1, 0.15) is 18.9 Å². The summed E-state index contributed by atoms with van der Waals surface area (Å²) in [5.74, 6) is 1.76. The topological polar surface area (TPSA) is 131 Å². The summed E-state index contributed by atoms with van der Waals surface area (Å²) in [4.78, 5) is 37.5. The van der Waals surface area contributed by atoms with Crippen LogP contribution in [0.5, 0.6) is 0 Å². The monoisotopic (exact) mass is 713 g/mol. The molecule has 1 aliphatic rings. The second kappa shape index (κ2) is 24.1. The number of nitrogen functional groups attached to an aromatic ring is 1. The minimum Gasteiger partial charge on any atom is -0.461 e. The molecule has 2 aromatic heterocycles. The average molecular weight is 714 g/mol. The number of imidazole rings is 1. The number of nitrogens with two attached hydrogens (primary N) is 1. The molecule has 0 aliphatic carbocycles. The number of carbonyl (C=O) groups is 2. The van der Waals surface area contributed by atoms with Crippen molar-refractivity contribution in [2.24, 2.45) is 0 Å². The zero-order valence-corrected chi connectivity index (χ0v) is 31.5. The van der Waals surface area contributed by atoms with Crippen LogP contribution >= 0.6 is 0 Å². The molecule has 10 nitrogen and oxygen atoms in total. The molecule has 3 rings (SSSR count). The maximum atomic E-state index is 14.1. The van der Waals surface area contributed by atoms with Gasteiger partial charge in [0.25, 0.3) is 0 Å². The number of anilines is 1. The van der Waals surface area contributed by atoms with Gasteiger partial charge < -0.3 is 19.9 Å². The van der Waals surface area contributed by atoms with E-state index >= 15 is 0 Å². The van der Waals surface area contributed by atoms with Crippen molar-refractivity contribution in [3.63, 3.8) is 0 Å². The largest absolute Gasteiger partial charge is 0.461 e. The van der Waals surface area contributed by atoms with Crippen LogP contribution in [-0.2, 0) is 23.8 Å². The van der Waals surface area contributed by atoms with Gasteiger partial charge in [-0.15, -0.1) is 6.42 Å². The Balaban J connectivity index is 1.50. The smallest absolute Gasteiger partial charge is 0.312 e. The zero-order chi connectivity index (χ0) is 36.7. The predicted molar refractivity (Wildman–Crippen MR) is 199 cm³/mol. The van der Waals surface area contributed by atoms with Crippen molar-refractivity contribution in [1.29, 1.82) is 0 Å². The van der Waals surface area contributed by atoms with Crippen molar-refractivity contribution in [3.05, 3.63) is 12.4 Å². The van der Waals surface area contributed by atoms with Crippen LogP contribution in [-0.4, -0.2) is 49.8 Å². The Hall–Kier alpha value is -3.26. The van der Waals surface area contributed by atoms with Crippen molar-refractivity contribution >= 4 is 28.9 Å². The van der Waals surface area contributed by atoms with E-state index in [1.165, 1.54) is 114 Å². The molecule has 0 saturated carbocycles. The Bertz CT molecular complexity index is 1350. The van der Waals surface area contributed by atoms with E-state index in [9.17, 15) is 14.0 Å². The molecule has 0 bridgehead atoms. The van der Waals surface area contributed by atoms with E-state index in [1.807, 2.05) is 0 Å². The van der Waals surface area contributed by atoms with E-state index in [2.05, 4.69) is 34.7 Å². The van der Waals surface area contributed by atoms with E-state index in [0.29, 0.717) is 6.42 Å². The van der Waals surface area contributed by atoms with Gasteiger partial charge >= 0.3 is 18.0 Å². The molecule has 3 heterocycles. The molecule has 0 radical (unpaired) electrons. The fourth-order valence-electron chi connectivity index (χ4n) is 6.82. The lowest BCUT2D eigenvalue weighted by atomic mass is 9.98. The molecule has 286 valence electrons. The summed E-state index contributed by atoms with van der Waals surface area (Å²) in [6, 6.07) is 0. The average Bonchev–Trinajstić information content (AvgIpc) is 3.70. The molecule has 0 spiro atoms. The first-order valence-corrected chi connectivity index (χ1v) is 20.0. The zero-order valence-electron chi connectivity index (χ0n) is 31.5. The molecular formula is C40H64FN5O5. The Kier molecular flexibility index (Phi) is 19.9. The third-order valence-electron chi connectivity index (χ3n) is 9.95. The summed E-state index contributed by atoms with van der Waals surface area (Å²) < 4.78 is 33.5. The highest BCUT2D eigenvalue weighted by molar-refractivity contribution is 5.81. The third-order valence-corrected chi connectivity index (χ3v) is 9.95. The lowest BCUT2D eigenvalue weighted by molar-refractivity contribution is -0.166. The number of terminal acetylenes is 1. The highest BCUT2D eigenvalue weighted by Gasteiger charge is 2.52. The number of aromatic nitrogens is 4. The summed E-state index contributed by atoms with van der Waals surface area (Å²) in [6.45, 7) is 4.18. The third kappa shape index (κ3) is 14.7. The first-order chi connectivity index (χ1) is 24.8. The number of fused-ring (bicyclic) bond motifs is 1. The predicted octanol–water partition coefficient (Wildman–Crippen LogP) is 9.70. The van der Waals surface area contributed by atoms with E-state index in [0.717, 1.165) is 32.1 Å². The molecule has 1 unspecified atom stereocenters. The van der Waals surface area contributed by atoms with Crippen molar-refractivity contribution in [3.8, 4) is 12.3 Å². The second-order valence-electron chi connectivity index (χ2n) is 14.3. The van der Waals surface area contributed by atoms with Crippen LogP contribution in [0.15, 0.2) is 6.33 Å². The van der Waals surface area contributed by atoms with Crippen LogP contribution in [0.3, 0.4) is 0 Å². The normalized spacial score (nSPS) is 18.6.